The van der Waals surface area contributed by atoms with E-state index in [-0.39, 0.29) is 5.92 Å². The molecule has 0 aliphatic carbocycles. The molecule has 0 aliphatic rings. The lowest BCUT2D eigenvalue weighted by atomic mass is 10.0. The third kappa shape index (κ3) is 2.25. The number of hydrogen-bond donors (Lipinski definition) is 1. The monoisotopic (exact) mass is 193 g/mol. The maximum Gasteiger partial charge on any atom is 0.144 e. The van der Waals surface area contributed by atoms with Crippen molar-refractivity contribution >= 4 is 12.0 Å². The first-order valence-corrected chi connectivity index (χ1v) is 4.55. The number of ether oxygens (including phenoxy) is 1. The van der Waals surface area contributed by atoms with Gasteiger partial charge in [-0.25, -0.2) is 0 Å². The van der Waals surface area contributed by atoms with Gasteiger partial charge in [0.05, 0.1) is 12.8 Å². The molecule has 1 aromatic rings. The molecule has 0 radical (unpaired) electrons. The summed E-state index contributed by atoms with van der Waals surface area (Å²) in [7, 11) is 1.58. The van der Waals surface area contributed by atoms with Crippen molar-refractivity contribution in [1.29, 1.82) is 0 Å². The van der Waals surface area contributed by atoms with Crippen molar-refractivity contribution in [2.45, 2.75) is 13.3 Å². The number of nitrogens with two attached hydrogens (primary N) is 1. The molecule has 1 aromatic carbocycles. The van der Waals surface area contributed by atoms with Gasteiger partial charge in [-0.1, -0.05) is 19.1 Å². The largest absolute Gasteiger partial charge is 0.494 e. The lowest BCUT2D eigenvalue weighted by molar-refractivity contribution is -0.110. The van der Waals surface area contributed by atoms with Crippen molar-refractivity contribution in [2.75, 3.05) is 12.8 Å². The van der Waals surface area contributed by atoms with Crippen molar-refractivity contribution < 1.29 is 9.53 Å². The Balaban J connectivity index is 2.95. The molecule has 0 spiro atoms. The van der Waals surface area contributed by atoms with Gasteiger partial charge < -0.3 is 15.3 Å². The van der Waals surface area contributed by atoms with Gasteiger partial charge in [0, 0.05) is 5.92 Å². The summed E-state index contributed by atoms with van der Waals surface area (Å²) in [5.74, 6) is 0.673. The molecule has 1 unspecified atom stereocenters. The number of nitrogen functional groups attached to an aromatic ring is 1. The number of rotatable bonds is 4. The van der Waals surface area contributed by atoms with Crippen LogP contribution in [-0.4, -0.2) is 13.4 Å². The molecular formula is C11H15NO2. The predicted octanol–water partition coefficient (Wildman–Crippen LogP) is 1.65. The Bertz CT molecular complexity index is 323. The molecule has 0 saturated carbocycles. The maximum absolute atomic E-state index is 10.5. The van der Waals surface area contributed by atoms with E-state index in [1.807, 2.05) is 19.1 Å². The molecule has 0 saturated heterocycles. The minimum Gasteiger partial charge on any atom is -0.494 e. The molecule has 2 N–H and O–H groups in total. The van der Waals surface area contributed by atoms with Crippen LogP contribution in [-0.2, 0) is 11.2 Å². The second-order valence-corrected chi connectivity index (χ2v) is 3.36. The fourth-order valence-corrected chi connectivity index (χ4v) is 1.41. The first kappa shape index (κ1) is 10.6. The average Bonchev–Trinajstić information content (AvgIpc) is 2.18. The van der Waals surface area contributed by atoms with Gasteiger partial charge in [0.25, 0.3) is 0 Å². The molecule has 0 bridgehead atoms. The maximum atomic E-state index is 10.5. The lowest BCUT2D eigenvalue weighted by Gasteiger charge is -2.11. The van der Waals surface area contributed by atoms with E-state index >= 15 is 0 Å². The van der Waals surface area contributed by atoms with E-state index in [4.69, 9.17) is 10.5 Å². The van der Waals surface area contributed by atoms with E-state index in [1.165, 1.54) is 0 Å². The molecule has 0 aromatic heterocycles. The smallest absolute Gasteiger partial charge is 0.144 e. The van der Waals surface area contributed by atoms with E-state index < -0.39 is 0 Å². The molecule has 3 nitrogen and oxygen atoms in total. The second-order valence-electron chi connectivity index (χ2n) is 3.36. The quantitative estimate of drug-likeness (QED) is 0.584. The number of benzene rings is 1. The molecular weight excluding hydrogens is 178 g/mol. The van der Waals surface area contributed by atoms with Gasteiger partial charge in [-0.2, -0.15) is 0 Å². The Morgan fingerprint density at radius 3 is 2.86 bits per heavy atom. The zero-order valence-electron chi connectivity index (χ0n) is 8.49. The highest BCUT2D eigenvalue weighted by Gasteiger charge is 2.09. The fraction of sp³-hybridized carbons (Fsp3) is 0.364. The molecule has 0 aliphatic heterocycles. The highest BCUT2D eigenvalue weighted by Crippen LogP contribution is 2.27. The Morgan fingerprint density at radius 2 is 2.29 bits per heavy atom. The number of carbonyl (C=O) groups excluding carboxylic acids is 1. The normalized spacial score (nSPS) is 12.1. The van der Waals surface area contributed by atoms with Crippen LogP contribution in [0.15, 0.2) is 18.2 Å². The standard InChI is InChI=1S/C11H15NO2/c1-8(7-13)6-9-4-3-5-10(12)11(9)14-2/h3-5,7-8H,6,12H2,1-2H3. The van der Waals surface area contributed by atoms with Crippen molar-refractivity contribution in [2.24, 2.45) is 5.92 Å². The van der Waals surface area contributed by atoms with E-state index in [2.05, 4.69) is 0 Å². The van der Waals surface area contributed by atoms with Crippen LogP contribution in [0.4, 0.5) is 5.69 Å². The number of para-hydroxylation sites is 1. The van der Waals surface area contributed by atoms with Gasteiger partial charge in [0.1, 0.15) is 12.0 Å². The molecule has 1 rings (SSSR count). The summed E-state index contributed by atoms with van der Waals surface area (Å²) in [6, 6.07) is 5.58. The summed E-state index contributed by atoms with van der Waals surface area (Å²) in [4.78, 5) is 10.5. The van der Waals surface area contributed by atoms with Crippen LogP contribution in [0, 0.1) is 5.92 Å². The topological polar surface area (TPSA) is 52.3 Å². The van der Waals surface area contributed by atoms with Gasteiger partial charge in [-0.3, -0.25) is 0 Å². The van der Waals surface area contributed by atoms with Crippen molar-refractivity contribution in [1.82, 2.24) is 0 Å². The Kier molecular flexibility index (Phi) is 3.51. The van der Waals surface area contributed by atoms with Gasteiger partial charge in [-0.15, -0.1) is 0 Å². The summed E-state index contributed by atoms with van der Waals surface area (Å²) in [5.41, 5.74) is 7.33. The number of aldehydes is 1. The molecule has 0 heterocycles. The van der Waals surface area contributed by atoms with Crippen LogP contribution in [0.5, 0.6) is 5.75 Å². The number of anilines is 1. The van der Waals surface area contributed by atoms with Gasteiger partial charge in [0.15, 0.2) is 0 Å². The van der Waals surface area contributed by atoms with Crippen molar-refractivity contribution in [3.05, 3.63) is 23.8 Å². The summed E-state index contributed by atoms with van der Waals surface area (Å²) in [6.07, 6.45) is 1.60. The summed E-state index contributed by atoms with van der Waals surface area (Å²) < 4.78 is 5.18. The van der Waals surface area contributed by atoms with Gasteiger partial charge in [-0.05, 0) is 18.1 Å². The van der Waals surface area contributed by atoms with Crippen LogP contribution in [0.25, 0.3) is 0 Å². The Labute approximate surface area is 83.9 Å². The highest BCUT2D eigenvalue weighted by atomic mass is 16.5. The first-order chi connectivity index (χ1) is 6.69. The molecule has 3 heteroatoms. The Morgan fingerprint density at radius 1 is 1.57 bits per heavy atom. The van der Waals surface area contributed by atoms with Gasteiger partial charge >= 0.3 is 0 Å². The minimum atomic E-state index is -0.00861. The Hall–Kier alpha value is -1.51. The minimum absolute atomic E-state index is 0.00861. The lowest BCUT2D eigenvalue weighted by Crippen LogP contribution is -2.04. The van der Waals surface area contributed by atoms with Crippen LogP contribution >= 0.6 is 0 Å². The number of hydrogen-bond acceptors (Lipinski definition) is 3. The average molecular weight is 193 g/mol. The molecule has 14 heavy (non-hydrogen) atoms. The van der Waals surface area contributed by atoms with Crippen LogP contribution in [0.3, 0.4) is 0 Å². The second kappa shape index (κ2) is 4.65. The summed E-state index contributed by atoms with van der Waals surface area (Å²) in [6.45, 7) is 1.87. The zero-order valence-corrected chi connectivity index (χ0v) is 8.49. The van der Waals surface area contributed by atoms with E-state index in [0.29, 0.717) is 17.9 Å². The van der Waals surface area contributed by atoms with E-state index in [0.717, 1.165) is 11.8 Å². The fourth-order valence-electron chi connectivity index (χ4n) is 1.41. The molecule has 0 fully saturated rings. The van der Waals surface area contributed by atoms with E-state index in [9.17, 15) is 4.79 Å². The first-order valence-electron chi connectivity index (χ1n) is 4.55. The van der Waals surface area contributed by atoms with Crippen molar-refractivity contribution in [3.63, 3.8) is 0 Å². The summed E-state index contributed by atoms with van der Waals surface area (Å²) in [5, 5.41) is 0. The third-order valence-corrected chi connectivity index (χ3v) is 2.11. The highest BCUT2D eigenvalue weighted by molar-refractivity contribution is 5.59. The van der Waals surface area contributed by atoms with Gasteiger partial charge in [0.2, 0.25) is 0 Å². The summed E-state index contributed by atoms with van der Waals surface area (Å²) >= 11 is 0. The van der Waals surface area contributed by atoms with Crippen LogP contribution < -0.4 is 10.5 Å². The van der Waals surface area contributed by atoms with E-state index in [1.54, 1.807) is 13.2 Å². The van der Waals surface area contributed by atoms with Crippen LogP contribution in [0.1, 0.15) is 12.5 Å². The number of methoxy groups -OCH3 is 1. The predicted molar refractivity (Wildman–Crippen MR) is 56.3 cm³/mol. The van der Waals surface area contributed by atoms with Crippen LogP contribution in [0.2, 0.25) is 0 Å². The molecule has 1 atom stereocenters. The van der Waals surface area contributed by atoms with Crippen molar-refractivity contribution in [3.8, 4) is 5.75 Å². The molecule has 0 amide bonds. The SMILES string of the molecule is COc1c(N)cccc1CC(C)C=O. The number of carbonyl (C=O) groups is 1. The zero-order chi connectivity index (χ0) is 10.6. The molecule has 76 valence electrons. The third-order valence-electron chi connectivity index (χ3n) is 2.11.